The van der Waals surface area contributed by atoms with Crippen molar-refractivity contribution in [3.05, 3.63) is 0 Å². The van der Waals surface area contributed by atoms with Crippen molar-refractivity contribution in [2.75, 3.05) is 19.8 Å². The molecule has 0 amide bonds. The Morgan fingerprint density at radius 3 is 2.82 bits per heavy atom. The molecule has 0 bridgehead atoms. The third-order valence-electron chi connectivity index (χ3n) is 2.09. The van der Waals surface area contributed by atoms with Crippen LogP contribution in [0.25, 0.3) is 0 Å². The number of aliphatic hydroxyl groups excluding tert-OH is 1. The van der Waals surface area contributed by atoms with Crippen LogP contribution in [0.15, 0.2) is 0 Å². The van der Waals surface area contributed by atoms with E-state index in [4.69, 9.17) is 9.84 Å². The molecule has 0 aromatic heterocycles. The highest BCUT2D eigenvalue weighted by atomic mass is 16.5. The van der Waals surface area contributed by atoms with Gasteiger partial charge >= 0.3 is 0 Å². The van der Waals surface area contributed by atoms with Gasteiger partial charge in [0.25, 0.3) is 0 Å². The first kappa shape index (κ1) is 8.97. The molecule has 0 spiro atoms. The lowest BCUT2D eigenvalue weighted by molar-refractivity contribution is 0.0152. The van der Waals surface area contributed by atoms with Crippen molar-refractivity contribution in [2.24, 2.45) is 5.92 Å². The van der Waals surface area contributed by atoms with E-state index in [1.807, 2.05) is 0 Å². The van der Waals surface area contributed by atoms with Crippen molar-refractivity contribution >= 4 is 0 Å². The number of aliphatic hydroxyl groups is 1. The van der Waals surface area contributed by atoms with Crippen molar-refractivity contribution in [3.8, 4) is 0 Å². The molecule has 0 aliphatic carbocycles. The second-order valence-corrected chi connectivity index (χ2v) is 3.43. The smallest absolute Gasteiger partial charge is 0.0642 e. The van der Waals surface area contributed by atoms with Gasteiger partial charge in [-0.15, -0.1) is 0 Å². The molecule has 3 heteroatoms. The molecular weight excluding hydrogens is 142 g/mol. The summed E-state index contributed by atoms with van der Waals surface area (Å²) in [5.74, 6) is 0.573. The first-order valence-electron chi connectivity index (χ1n) is 4.18. The zero-order chi connectivity index (χ0) is 8.27. The average Bonchev–Trinajstić information content (AvgIpc) is 2.05. The molecule has 2 atom stereocenters. The zero-order valence-electron chi connectivity index (χ0n) is 7.21. The van der Waals surface area contributed by atoms with Crippen LogP contribution in [0.4, 0.5) is 0 Å². The lowest BCUT2D eigenvalue weighted by Crippen LogP contribution is -2.52. The van der Waals surface area contributed by atoms with Gasteiger partial charge in [0.2, 0.25) is 0 Å². The van der Waals surface area contributed by atoms with E-state index in [0.29, 0.717) is 18.6 Å². The van der Waals surface area contributed by atoms with Gasteiger partial charge in [0.05, 0.1) is 25.9 Å². The van der Waals surface area contributed by atoms with Crippen molar-refractivity contribution in [1.29, 1.82) is 0 Å². The summed E-state index contributed by atoms with van der Waals surface area (Å²) in [6, 6.07) is 0.539. The first-order chi connectivity index (χ1) is 5.24. The third-order valence-corrected chi connectivity index (χ3v) is 2.09. The summed E-state index contributed by atoms with van der Waals surface area (Å²) < 4.78 is 5.32. The minimum atomic E-state index is 0.135. The zero-order valence-corrected chi connectivity index (χ0v) is 7.21. The summed E-state index contributed by atoms with van der Waals surface area (Å²) >= 11 is 0. The van der Waals surface area contributed by atoms with Gasteiger partial charge in [0.15, 0.2) is 0 Å². The Labute approximate surface area is 67.7 Å². The number of rotatable bonds is 2. The fraction of sp³-hybridized carbons (Fsp3) is 1.00. The Kier molecular flexibility index (Phi) is 3.30. The Balaban J connectivity index is 2.33. The molecule has 11 heavy (non-hydrogen) atoms. The lowest BCUT2D eigenvalue weighted by atomic mass is 10.0. The maximum absolute atomic E-state index is 8.85. The third kappa shape index (κ3) is 2.43. The van der Waals surface area contributed by atoms with Crippen molar-refractivity contribution in [3.63, 3.8) is 0 Å². The average molecular weight is 159 g/mol. The predicted octanol–water partition coefficient (Wildman–Crippen LogP) is -0.00830. The number of hydrogen-bond donors (Lipinski definition) is 2. The van der Waals surface area contributed by atoms with Gasteiger partial charge in [0.1, 0.15) is 0 Å². The van der Waals surface area contributed by atoms with Crippen molar-refractivity contribution < 1.29 is 9.84 Å². The molecule has 2 N–H and O–H groups in total. The molecule has 1 heterocycles. The number of hydrogen-bond acceptors (Lipinski definition) is 3. The standard InChI is InChI=1S/C8H17NO2/c1-6(2)8-5-11-4-7(3-10)9-8/h6-10H,3-5H2,1-2H3/t7-,8+/m1/s1. The Morgan fingerprint density at radius 2 is 2.27 bits per heavy atom. The topological polar surface area (TPSA) is 41.5 Å². The van der Waals surface area contributed by atoms with Crippen LogP contribution in [0.1, 0.15) is 13.8 Å². The van der Waals surface area contributed by atoms with Crippen LogP contribution in [0.5, 0.6) is 0 Å². The van der Waals surface area contributed by atoms with Gasteiger partial charge in [0, 0.05) is 6.04 Å². The van der Waals surface area contributed by atoms with Crippen LogP contribution in [0.2, 0.25) is 0 Å². The van der Waals surface area contributed by atoms with E-state index in [1.54, 1.807) is 0 Å². The van der Waals surface area contributed by atoms with E-state index in [0.717, 1.165) is 6.61 Å². The predicted molar refractivity (Wildman–Crippen MR) is 43.5 cm³/mol. The van der Waals surface area contributed by atoms with Gasteiger partial charge < -0.3 is 15.2 Å². The molecule has 0 radical (unpaired) electrons. The summed E-state index contributed by atoms with van der Waals surface area (Å²) in [5.41, 5.74) is 0. The summed E-state index contributed by atoms with van der Waals surface area (Å²) in [6.45, 7) is 5.89. The van der Waals surface area contributed by atoms with Gasteiger partial charge in [-0.25, -0.2) is 0 Å². The molecule has 1 aliphatic rings. The van der Waals surface area contributed by atoms with Crippen LogP contribution in [0, 0.1) is 5.92 Å². The van der Waals surface area contributed by atoms with Gasteiger partial charge in [-0.05, 0) is 5.92 Å². The fourth-order valence-electron chi connectivity index (χ4n) is 1.23. The highest BCUT2D eigenvalue weighted by molar-refractivity contribution is 4.79. The molecule has 1 fully saturated rings. The van der Waals surface area contributed by atoms with Gasteiger partial charge in [-0.1, -0.05) is 13.8 Å². The minimum absolute atomic E-state index is 0.135. The molecule has 1 saturated heterocycles. The van der Waals surface area contributed by atoms with E-state index in [2.05, 4.69) is 19.2 Å². The first-order valence-corrected chi connectivity index (χ1v) is 4.18. The van der Waals surface area contributed by atoms with E-state index in [-0.39, 0.29) is 12.6 Å². The van der Waals surface area contributed by atoms with Crippen molar-refractivity contribution in [1.82, 2.24) is 5.32 Å². The van der Waals surface area contributed by atoms with Crippen LogP contribution in [-0.2, 0) is 4.74 Å². The van der Waals surface area contributed by atoms with Gasteiger partial charge in [-0.3, -0.25) is 0 Å². The monoisotopic (exact) mass is 159 g/mol. The SMILES string of the molecule is CC(C)[C@@H]1COC[C@@H](CO)N1. The highest BCUT2D eigenvalue weighted by Gasteiger charge is 2.22. The summed E-state index contributed by atoms with van der Waals surface area (Å²) in [5, 5.41) is 12.2. The van der Waals surface area contributed by atoms with E-state index in [1.165, 1.54) is 0 Å². The quantitative estimate of drug-likeness (QED) is 0.595. The van der Waals surface area contributed by atoms with E-state index in [9.17, 15) is 0 Å². The molecule has 1 rings (SSSR count). The van der Waals surface area contributed by atoms with Crippen LogP contribution in [0.3, 0.4) is 0 Å². The number of morpholine rings is 1. The second kappa shape index (κ2) is 4.04. The lowest BCUT2D eigenvalue weighted by Gasteiger charge is -2.32. The molecular formula is C8H17NO2. The summed E-state index contributed by atoms with van der Waals surface area (Å²) in [6.07, 6.45) is 0. The molecule has 66 valence electrons. The Bertz CT molecular complexity index is 117. The molecule has 1 aliphatic heterocycles. The van der Waals surface area contributed by atoms with E-state index >= 15 is 0 Å². The Hall–Kier alpha value is -0.120. The second-order valence-electron chi connectivity index (χ2n) is 3.43. The molecule has 0 unspecified atom stereocenters. The summed E-state index contributed by atoms with van der Waals surface area (Å²) in [7, 11) is 0. The molecule has 0 saturated carbocycles. The van der Waals surface area contributed by atoms with Gasteiger partial charge in [-0.2, -0.15) is 0 Å². The summed E-state index contributed by atoms with van der Waals surface area (Å²) in [4.78, 5) is 0. The highest BCUT2D eigenvalue weighted by Crippen LogP contribution is 2.07. The van der Waals surface area contributed by atoms with Crippen LogP contribution in [-0.4, -0.2) is 37.0 Å². The molecule has 0 aromatic rings. The van der Waals surface area contributed by atoms with Crippen molar-refractivity contribution in [2.45, 2.75) is 25.9 Å². The molecule has 0 aromatic carbocycles. The number of ether oxygens (including phenoxy) is 1. The maximum atomic E-state index is 8.85. The normalized spacial score (nSPS) is 32.7. The largest absolute Gasteiger partial charge is 0.395 e. The minimum Gasteiger partial charge on any atom is -0.395 e. The number of nitrogens with one attached hydrogen (secondary N) is 1. The fourth-order valence-corrected chi connectivity index (χ4v) is 1.23. The maximum Gasteiger partial charge on any atom is 0.0642 e. The van der Waals surface area contributed by atoms with Crippen LogP contribution < -0.4 is 5.32 Å². The molecule has 3 nitrogen and oxygen atoms in total. The van der Waals surface area contributed by atoms with E-state index < -0.39 is 0 Å². The Morgan fingerprint density at radius 1 is 1.55 bits per heavy atom. The van der Waals surface area contributed by atoms with Crippen LogP contribution >= 0.6 is 0 Å².